The van der Waals surface area contributed by atoms with Crippen LogP contribution in [0.2, 0.25) is 0 Å². The van der Waals surface area contributed by atoms with Gasteiger partial charge in [0.15, 0.2) is 11.4 Å². The minimum atomic E-state index is -2.18. The van der Waals surface area contributed by atoms with Gasteiger partial charge in [0.05, 0.1) is 11.7 Å². The first-order valence-corrected chi connectivity index (χ1v) is 10.2. The number of aliphatic hydroxyl groups is 3. The van der Waals surface area contributed by atoms with Crippen molar-refractivity contribution in [1.29, 1.82) is 0 Å². The van der Waals surface area contributed by atoms with E-state index in [1.807, 2.05) is 13.8 Å². The van der Waals surface area contributed by atoms with Crippen molar-refractivity contribution < 1.29 is 34.4 Å². The number of carbonyl (C=O) groups is 2. The minimum absolute atomic E-state index is 0.136. The van der Waals surface area contributed by atoms with E-state index in [0.29, 0.717) is 12.8 Å². The van der Waals surface area contributed by atoms with Gasteiger partial charge in [-0.3, -0.25) is 9.59 Å². The first-order chi connectivity index (χ1) is 13.1. The average Bonchev–Trinajstić information content (AvgIpc) is 2.60. The van der Waals surface area contributed by atoms with Gasteiger partial charge in [-0.15, -0.1) is 6.58 Å². The largest absolute Gasteiger partial charge is 0.459 e. The van der Waals surface area contributed by atoms with Gasteiger partial charge in [-0.2, -0.15) is 0 Å². The standard InChI is InChI=1S/C22H34O7/c1-8-19(5)11-14(25)22(27)20(6)13(24)9-10-18(3,4)16(20)15(28-12(2)23)17(26)21(22,7)29-19/h8,13,15-17,24,26-27H,1,9-11H2,2-7H3/t13-,15-,16-,17+,19-,20-,21+,22-/m0/s1. The van der Waals surface area contributed by atoms with Gasteiger partial charge >= 0.3 is 5.97 Å². The number of Topliss-reactive ketones (excluding diaryl/α,β-unsaturated/α-hetero) is 1. The lowest BCUT2D eigenvalue weighted by atomic mass is 9.40. The molecule has 1 aliphatic heterocycles. The summed E-state index contributed by atoms with van der Waals surface area (Å²) in [6.07, 6.45) is -1.30. The lowest BCUT2D eigenvalue weighted by molar-refractivity contribution is -0.370. The third-order valence-electron chi connectivity index (χ3n) is 8.04. The number of ketones is 1. The molecule has 3 fully saturated rings. The van der Waals surface area contributed by atoms with E-state index in [4.69, 9.17) is 9.47 Å². The van der Waals surface area contributed by atoms with Crippen molar-refractivity contribution in [3.63, 3.8) is 0 Å². The molecule has 164 valence electrons. The predicted molar refractivity (Wildman–Crippen MR) is 105 cm³/mol. The fraction of sp³-hybridized carbons (Fsp3) is 0.818. The Kier molecular flexibility index (Phi) is 4.91. The molecule has 0 bridgehead atoms. The molecule has 1 heterocycles. The second-order valence-corrected chi connectivity index (χ2v) is 10.4. The summed E-state index contributed by atoms with van der Waals surface area (Å²) in [5.74, 6) is -1.77. The van der Waals surface area contributed by atoms with Crippen molar-refractivity contribution in [3.8, 4) is 0 Å². The molecule has 8 atom stereocenters. The molecule has 0 unspecified atom stereocenters. The number of hydrogen-bond donors (Lipinski definition) is 3. The molecule has 3 aliphatic rings. The fourth-order valence-electron chi connectivity index (χ4n) is 6.60. The lowest BCUT2D eigenvalue weighted by Gasteiger charge is -2.71. The number of carbonyl (C=O) groups excluding carboxylic acids is 2. The van der Waals surface area contributed by atoms with Crippen LogP contribution in [0.25, 0.3) is 0 Å². The highest BCUT2D eigenvalue weighted by molar-refractivity contribution is 5.92. The molecule has 1 saturated heterocycles. The van der Waals surface area contributed by atoms with E-state index >= 15 is 0 Å². The Morgan fingerprint density at radius 3 is 2.34 bits per heavy atom. The van der Waals surface area contributed by atoms with Crippen molar-refractivity contribution in [3.05, 3.63) is 12.7 Å². The Morgan fingerprint density at radius 2 is 1.83 bits per heavy atom. The fourth-order valence-corrected chi connectivity index (χ4v) is 6.60. The number of esters is 1. The van der Waals surface area contributed by atoms with Gasteiger partial charge in [0.2, 0.25) is 0 Å². The Morgan fingerprint density at radius 1 is 1.24 bits per heavy atom. The number of aliphatic hydroxyl groups excluding tert-OH is 2. The van der Waals surface area contributed by atoms with Gasteiger partial charge in [0, 0.05) is 24.7 Å². The van der Waals surface area contributed by atoms with Crippen LogP contribution in [0.1, 0.15) is 60.8 Å². The summed E-state index contributed by atoms with van der Waals surface area (Å²) in [6.45, 7) is 13.6. The first-order valence-electron chi connectivity index (χ1n) is 10.2. The number of rotatable bonds is 2. The molecular weight excluding hydrogens is 376 g/mol. The Bertz CT molecular complexity index is 747. The maximum Gasteiger partial charge on any atom is 0.303 e. The molecule has 7 heteroatoms. The topological polar surface area (TPSA) is 113 Å². The molecule has 0 aromatic rings. The van der Waals surface area contributed by atoms with Crippen LogP contribution >= 0.6 is 0 Å². The minimum Gasteiger partial charge on any atom is -0.459 e. The highest BCUT2D eigenvalue weighted by atomic mass is 16.6. The first kappa shape index (κ1) is 22.4. The monoisotopic (exact) mass is 410 g/mol. The zero-order valence-electron chi connectivity index (χ0n) is 18.2. The van der Waals surface area contributed by atoms with Crippen molar-refractivity contribution in [2.45, 2.75) is 95.9 Å². The smallest absolute Gasteiger partial charge is 0.303 e. The molecule has 2 saturated carbocycles. The molecule has 7 nitrogen and oxygen atoms in total. The van der Waals surface area contributed by atoms with Gasteiger partial charge in [-0.1, -0.05) is 26.8 Å². The third-order valence-corrected chi connectivity index (χ3v) is 8.04. The van der Waals surface area contributed by atoms with E-state index in [9.17, 15) is 24.9 Å². The second-order valence-electron chi connectivity index (χ2n) is 10.4. The molecule has 0 amide bonds. The summed E-state index contributed by atoms with van der Waals surface area (Å²) in [6, 6.07) is 0. The summed E-state index contributed by atoms with van der Waals surface area (Å²) in [4.78, 5) is 25.5. The van der Waals surface area contributed by atoms with Crippen LogP contribution in [0.3, 0.4) is 0 Å². The van der Waals surface area contributed by atoms with E-state index < -0.39 is 63.6 Å². The zero-order chi connectivity index (χ0) is 22.2. The Labute approximate surface area is 172 Å². The van der Waals surface area contributed by atoms with Crippen LogP contribution < -0.4 is 0 Å². The van der Waals surface area contributed by atoms with E-state index in [1.165, 1.54) is 19.9 Å². The highest BCUT2D eigenvalue weighted by Gasteiger charge is 2.81. The molecule has 0 radical (unpaired) electrons. The lowest BCUT2D eigenvalue weighted by Crippen LogP contribution is -2.86. The van der Waals surface area contributed by atoms with Gasteiger partial charge < -0.3 is 24.8 Å². The van der Waals surface area contributed by atoms with Gasteiger partial charge in [0.25, 0.3) is 0 Å². The molecular formula is C22H34O7. The summed E-state index contributed by atoms with van der Waals surface area (Å²) >= 11 is 0. The summed E-state index contributed by atoms with van der Waals surface area (Å²) in [5, 5.41) is 34.6. The van der Waals surface area contributed by atoms with Crippen LogP contribution in [0.15, 0.2) is 12.7 Å². The van der Waals surface area contributed by atoms with E-state index in [0.717, 1.165) is 0 Å². The van der Waals surface area contributed by atoms with Crippen LogP contribution in [0.5, 0.6) is 0 Å². The van der Waals surface area contributed by atoms with Crippen LogP contribution in [-0.4, -0.2) is 62.2 Å². The highest BCUT2D eigenvalue weighted by Crippen LogP contribution is 2.67. The maximum absolute atomic E-state index is 13.5. The van der Waals surface area contributed by atoms with E-state index in [-0.39, 0.29) is 6.42 Å². The zero-order valence-corrected chi connectivity index (χ0v) is 18.2. The predicted octanol–water partition coefficient (Wildman–Crippen LogP) is 1.52. The molecule has 0 aromatic carbocycles. The molecule has 3 rings (SSSR count). The van der Waals surface area contributed by atoms with E-state index in [1.54, 1.807) is 13.8 Å². The number of ether oxygens (including phenoxy) is 2. The third kappa shape index (κ3) is 2.63. The van der Waals surface area contributed by atoms with Crippen molar-refractivity contribution in [2.24, 2.45) is 16.7 Å². The Hall–Kier alpha value is -1.28. The summed E-state index contributed by atoms with van der Waals surface area (Å²) < 4.78 is 11.8. The Balaban J connectivity index is 2.32. The maximum atomic E-state index is 13.5. The average molecular weight is 411 g/mol. The molecule has 0 spiro atoms. The van der Waals surface area contributed by atoms with Crippen LogP contribution in [0, 0.1) is 16.7 Å². The number of hydrogen-bond acceptors (Lipinski definition) is 7. The van der Waals surface area contributed by atoms with Crippen LogP contribution in [0.4, 0.5) is 0 Å². The number of fused-ring (bicyclic) bond motifs is 3. The van der Waals surface area contributed by atoms with Crippen molar-refractivity contribution >= 4 is 11.8 Å². The normalized spacial score (nSPS) is 51.6. The van der Waals surface area contributed by atoms with E-state index in [2.05, 4.69) is 6.58 Å². The summed E-state index contributed by atoms with van der Waals surface area (Å²) in [5.41, 5.74) is -7.03. The van der Waals surface area contributed by atoms with Crippen molar-refractivity contribution in [2.75, 3.05) is 0 Å². The van der Waals surface area contributed by atoms with Gasteiger partial charge in [-0.25, -0.2) is 0 Å². The van der Waals surface area contributed by atoms with Crippen molar-refractivity contribution in [1.82, 2.24) is 0 Å². The summed E-state index contributed by atoms with van der Waals surface area (Å²) in [7, 11) is 0. The molecule has 0 aromatic heterocycles. The van der Waals surface area contributed by atoms with Gasteiger partial charge in [-0.05, 0) is 32.1 Å². The molecule has 29 heavy (non-hydrogen) atoms. The quantitative estimate of drug-likeness (QED) is 0.467. The molecule has 2 aliphatic carbocycles. The van der Waals surface area contributed by atoms with Crippen LogP contribution in [-0.2, 0) is 19.1 Å². The molecule has 3 N–H and O–H groups in total. The SMILES string of the molecule is C=C[C@@]1(C)CC(=O)[C@]2(O)[C@@]3(C)[C@@H](O)CCC(C)(C)[C@@H]3[C@H](OC(C)=O)[C@@H](O)[C@@]2(C)O1. The second kappa shape index (κ2) is 6.36. The van der Waals surface area contributed by atoms with Gasteiger partial charge in [0.1, 0.15) is 17.8 Å².